The highest BCUT2D eigenvalue weighted by atomic mass is 19.1. The minimum absolute atomic E-state index is 0.0993. The summed E-state index contributed by atoms with van der Waals surface area (Å²) in [5, 5.41) is 23.7. The molecule has 1 aliphatic rings. The van der Waals surface area contributed by atoms with Crippen LogP contribution in [0.5, 0.6) is 0 Å². The van der Waals surface area contributed by atoms with Gasteiger partial charge in [0.1, 0.15) is 11.6 Å². The lowest BCUT2D eigenvalue weighted by molar-refractivity contribution is -0.384. The highest BCUT2D eigenvalue weighted by Crippen LogP contribution is 2.29. The number of amides is 2. The summed E-state index contributed by atoms with van der Waals surface area (Å²) in [5.74, 6) is -0.645. The van der Waals surface area contributed by atoms with Crippen LogP contribution in [-0.4, -0.2) is 61.6 Å². The number of halogens is 1. The number of rotatable bonds is 6. The normalized spacial score (nSPS) is 14.1. The molecule has 0 unspecified atom stereocenters. The second kappa shape index (κ2) is 11.0. The second-order valence-corrected chi connectivity index (χ2v) is 10.2. The molecule has 204 valence electrons. The third kappa shape index (κ3) is 6.28. The lowest BCUT2D eigenvalue weighted by atomic mass is 9.97. The summed E-state index contributed by atoms with van der Waals surface area (Å²) in [6, 6.07) is 11.3. The van der Waals surface area contributed by atoms with Crippen LogP contribution in [0.4, 0.5) is 26.5 Å². The monoisotopic (exact) mass is 536 g/mol. The molecule has 0 radical (unpaired) electrons. The zero-order valence-corrected chi connectivity index (χ0v) is 21.8. The fourth-order valence-electron chi connectivity index (χ4n) is 4.70. The van der Waals surface area contributed by atoms with Crippen molar-refractivity contribution >= 4 is 29.3 Å². The van der Waals surface area contributed by atoms with E-state index in [2.05, 4.69) is 15.3 Å². The van der Waals surface area contributed by atoms with Crippen molar-refractivity contribution in [3.05, 3.63) is 76.2 Å². The predicted molar refractivity (Wildman–Crippen MR) is 143 cm³/mol. The fraction of sp³-hybridized carbons (Fsp3) is 0.333. The molecule has 11 nitrogen and oxygen atoms in total. The molecule has 0 spiro atoms. The van der Waals surface area contributed by atoms with Gasteiger partial charge in [-0.2, -0.15) is 0 Å². The molecule has 2 amide bonds. The van der Waals surface area contributed by atoms with Gasteiger partial charge in [-0.3, -0.25) is 14.9 Å². The number of anilines is 2. The van der Waals surface area contributed by atoms with Crippen LogP contribution in [0, 0.1) is 15.9 Å². The SMILES string of the molecule is CC(C)(C)N(C(=O)O)C1CCN(c2ccc(C(=O)Nc3nc(-c4ccc(F)cc4)ccc3[N+](=O)[O-])cn2)CC1. The van der Waals surface area contributed by atoms with Gasteiger partial charge in [-0.1, -0.05) is 0 Å². The summed E-state index contributed by atoms with van der Waals surface area (Å²) in [6.07, 6.45) is 1.73. The first-order valence-electron chi connectivity index (χ1n) is 12.4. The summed E-state index contributed by atoms with van der Waals surface area (Å²) in [5.41, 5.74) is 0.161. The minimum Gasteiger partial charge on any atom is -0.465 e. The molecule has 2 aromatic heterocycles. The number of hydrogen-bond acceptors (Lipinski definition) is 7. The minimum atomic E-state index is -0.938. The first kappa shape index (κ1) is 27.4. The summed E-state index contributed by atoms with van der Waals surface area (Å²) >= 11 is 0. The quantitative estimate of drug-likeness (QED) is 0.324. The third-order valence-electron chi connectivity index (χ3n) is 6.54. The molecular formula is C27H29FN6O5. The first-order chi connectivity index (χ1) is 18.4. The van der Waals surface area contributed by atoms with Crippen molar-refractivity contribution < 1.29 is 24.0 Å². The van der Waals surface area contributed by atoms with Gasteiger partial charge >= 0.3 is 11.8 Å². The lowest BCUT2D eigenvalue weighted by Gasteiger charge is -2.43. The molecule has 0 saturated carbocycles. The van der Waals surface area contributed by atoms with E-state index >= 15 is 0 Å². The average molecular weight is 537 g/mol. The summed E-state index contributed by atoms with van der Waals surface area (Å²) in [4.78, 5) is 47.7. The summed E-state index contributed by atoms with van der Waals surface area (Å²) in [6.45, 7) is 6.84. The first-order valence-corrected chi connectivity index (χ1v) is 12.4. The smallest absolute Gasteiger partial charge is 0.407 e. The molecule has 3 heterocycles. The number of nitrogens with one attached hydrogen (secondary N) is 1. The van der Waals surface area contributed by atoms with Crippen LogP contribution < -0.4 is 10.2 Å². The second-order valence-electron chi connectivity index (χ2n) is 10.2. The Hall–Kier alpha value is -4.61. The van der Waals surface area contributed by atoms with Crippen molar-refractivity contribution in [2.45, 2.75) is 45.2 Å². The van der Waals surface area contributed by atoms with E-state index in [-0.39, 0.29) is 23.1 Å². The Morgan fingerprint density at radius 1 is 1.10 bits per heavy atom. The molecule has 1 aliphatic heterocycles. The maximum atomic E-state index is 13.3. The fourth-order valence-corrected chi connectivity index (χ4v) is 4.70. The molecule has 1 saturated heterocycles. The van der Waals surface area contributed by atoms with Crippen molar-refractivity contribution in [3.8, 4) is 11.3 Å². The standard InChI is InChI=1S/C27H29FN6O5/c1-27(2,3)33(26(36)37)20-12-14-32(15-13-20)23-11-6-18(16-29-23)25(35)31-24-22(34(38)39)10-9-21(30-24)17-4-7-19(28)8-5-17/h4-11,16,20H,12-15H2,1-3H3,(H,36,37)(H,30,31,35). The number of nitro groups is 1. The van der Waals surface area contributed by atoms with E-state index in [1.165, 1.54) is 47.5 Å². The Labute approximate surface area is 224 Å². The van der Waals surface area contributed by atoms with E-state index in [0.717, 1.165) is 0 Å². The number of nitrogens with zero attached hydrogens (tertiary/aromatic N) is 5. The Morgan fingerprint density at radius 2 is 1.77 bits per heavy atom. The zero-order chi connectivity index (χ0) is 28.3. The Balaban J connectivity index is 1.45. The summed E-state index contributed by atoms with van der Waals surface area (Å²) < 4.78 is 13.3. The Morgan fingerprint density at radius 3 is 2.31 bits per heavy atom. The van der Waals surface area contributed by atoms with Gasteiger partial charge < -0.3 is 20.2 Å². The van der Waals surface area contributed by atoms with Crippen LogP contribution in [0.2, 0.25) is 0 Å². The Bertz CT molecular complexity index is 1370. The van der Waals surface area contributed by atoms with Crippen LogP contribution >= 0.6 is 0 Å². The lowest BCUT2D eigenvalue weighted by Crippen LogP contribution is -2.54. The van der Waals surface area contributed by atoms with Crippen molar-refractivity contribution in [2.24, 2.45) is 0 Å². The van der Waals surface area contributed by atoms with Crippen LogP contribution in [0.15, 0.2) is 54.7 Å². The van der Waals surface area contributed by atoms with Crippen molar-refractivity contribution in [3.63, 3.8) is 0 Å². The zero-order valence-electron chi connectivity index (χ0n) is 21.8. The van der Waals surface area contributed by atoms with Gasteiger partial charge in [0.25, 0.3) is 5.91 Å². The van der Waals surface area contributed by atoms with E-state index in [4.69, 9.17) is 0 Å². The van der Waals surface area contributed by atoms with Crippen molar-refractivity contribution in [2.75, 3.05) is 23.3 Å². The van der Waals surface area contributed by atoms with Gasteiger partial charge in [0.15, 0.2) is 0 Å². The van der Waals surface area contributed by atoms with Gasteiger partial charge in [0.2, 0.25) is 5.82 Å². The van der Waals surface area contributed by atoms with Gasteiger partial charge in [0, 0.05) is 42.5 Å². The maximum absolute atomic E-state index is 13.3. The topological polar surface area (TPSA) is 142 Å². The highest BCUT2D eigenvalue weighted by molar-refractivity contribution is 6.04. The largest absolute Gasteiger partial charge is 0.465 e. The molecule has 1 aromatic carbocycles. The van der Waals surface area contributed by atoms with Crippen molar-refractivity contribution in [1.82, 2.24) is 14.9 Å². The molecule has 2 N–H and O–H groups in total. The number of aromatic nitrogens is 2. The molecular weight excluding hydrogens is 507 g/mol. The van der Waals surface area contributed by atoms with E-state index < -0.39 is 28.3 Å². The van der Waals surface area contributed by atoms with Gasteiger partial charge in [-0.05, 0) is 76.1 Å². The molecule has 4 rings (SSSR count). The summed E-state index contributed by atoms with van der Waals surface area (Å²) in [7, 11) is 0. The van der Waals surface area contributed by atoms with E-state index in [0.29, 0.717) is 43.0 Å². The number of piperidine rings is 1. The molecule has 1 fully saturated rings. The molecule has 0 bridgehead atoms. The molecule has 39 heavy (non-hydrogen) atoms. The third-order valence-corrected chi connectivity index (χ3v) is 6.54. The number of carbonyl (C=O) groups excluding carboxylic acids is 1. The van der Waals surface area contributed by atoms with E-state index in [1.54, 1.807) is 12.1 Å². The Kier molecular flexibility index (Phi) is 7.75. The van der Waals surface area contributed by atoms with E-state index in [9.17, 15) is 29.2 Å². The van der Waals surface area contributed by atoms with Crippen LogP contribution in [0.1, 0.15) is 44.0 Å². The number of carbonyl (C=O) groups is 2. The van der Waals surface area contributed by atoms with Gasteiger partial charge in [-0.25, -0.2) is 19.2 Å². The van der Waals surface area contributed by atoms with E-state index in [1.807, 2.05) is 25.7 Å². The van der Waals surface area contributed by atoms with Crippen LogP contribution in [0.3, 0.4) is 0 Å². The number of pyridine rings is 2. The number of hydrogen-bond donors (Lipinski definition) is 2. The predicted octanol–water partition coefficient (Wildman–Crippen LogP) is 5.19. The highest BCUT2D eigenvalue weighted by Gasteiger charge is 2.35. The number of benzene rings is 1. The van der Waals surface area contributed by atoms with Crippen LogP contribution in [0.25, 0.3) is 11.3 Å². The van der Waals surface area contributed by atoms with Crippen molar-refractivity contribution in [1.29, 1.82) is 0 Å². The molecule has 0 aliphatic carbocycles. The van der Waals surface area contributed by atoms with Crippen LogP contribution in [-0.2, 0) is 0 Å². The number of carboxylic acid groups (broad SMARTS) is 1. The average Bonchev–Trinajstić information content (AvgIpc) is 2.88. The van der Waals surface area contributed by atoms with Gasteiger partial charge in [0.05, 0.1) is 16.2 Å². The molecule has 12 heteroatoms. The van der Waals surface area contributed by atoms with Gasteiger partial charge in [-0.15, -0.1) is 0 Å². The molecule has 0 atom stereocenters. The molecule has 3 aromatic rings. The maximum Gasteiger partial charge on any atom is 0.407 e.